The fraction of sp³-hybridized carbons (Fsp3) is 0.556. The number of carbonyl (C=O) groups is 2. The summed E-state index contributed by atoms with van der Waals surface area (Å²) in [6.45, 7) is 1.74. The molecule has 0 radical (unpaired) electrons. The van der Waals surface area contributed by atoms with Gasteiger partial charge in [0.05, 0.1) is 5.56 Å². The fourth-order valence-corrected chi connectivity index (χ4v) is 4.42. The maximum atomic E-state index is 12.1. The van der Waals surface area contributed by atoms with Crippen molar-refractivity contribution in [2.75, 3.05) is 12.3 Å². The lowest BCUT2D eigenvalue weighted by Gasteiger charge is -2.28. The van der Waals surface area contributed by atoms with Crippen LogP contribution in [0.1, 0.15) is 43.0 Å². The molecule has 6 heteroatoms. The molecular weight excluding hydrogens is 328 g/mol. The van der Waals surface area contributed by atoms with Gasteiger partial charge < -0.3 is 15.8 Å². The molecule has 0 aliphatic heterocycles. The smallest absolute Gasteiger partial charge is 0.340 e. The molecule has 0 aromatic heterocycles. The Morgan fingerprint density at radius 2 is 2.17 bits per heavy atom. The van der Waals surface area contributed by atoms with Crippen molar-refractivity contribution in [3.05, 3.63) is 28.8 Å². The minimum absolute atomic E-state index is 0.118. The summed E-state index contributed by atoms with van der Waals surface area (Å²) >= 11 is 5.80. The van der Waals surface area contributed by atoms with E-state index in [1.54, 1.807) is 6.07 Å². The van der Waals surface area contributed by atoms with Gasteiger partial charge in [-0.15, -0.1) is 0 Å². The van der Waals surface area contributed by atoms with E-state index in [-0.39, 0.29) is 29.8 Å². The normalized spacial score (nSPS) is 26.2. The highest BCUT2D eigenvalue weighted by Gasteiger charge is 2.42. The van der Waals surface area contributed by atoms with E-state index in [1.165, 1.54) is 37.8 Å². The Balaban J connectivity index is 1.47. The molecule has 130 valence electrons. The minimum atomic E-state index is -0.619. The molecule has 1 amide bonds. The SMILES string of the molecule is C[C@H](NC(=O)COC(=O)c1ccc(Cl)cc1N)[C@H]1C[C@@H]2CC[C@H]1C2. The number of carbonyl (C=O) groups excluding carboxylic acids is 2. The van der Waals surface area contributed by atoms with Crippen LogP contribution >= 0.6 is 11.6 Å². The quantitative estimate of drug-likeness (QED) is 0.631. The Morgan fingerprint density at radius 1 is 1.38 bits per heavy atom. The second kappa shape index (κ2) is 7.01. The van der Waals surface area contributed by atoms with Crippen molar-refractivity contribution < 1.29 is 14.3 Å². The van der Waals surface area contributed by atoms with Crippen LogP contribution in [0.3, 0.4) is 0 Å². The van der Waals surface area contributed by atoms with Gasteiger partial charge in [-0.25, -0.2) is 4.79 Å². The van der Waals surface area contributed by atoms with Crippen LogP contribution in [0.2, 0.25) is 5.02 Å². The van der Waals surface area contributed by atoms with E-state index in [1.807, 2.05) is 6.92 Å². The van der Waals surface area contributed by atoms with E-state index >= 15 is 0 Å². The molecule has 0 heterocycles. The number of amides is 1. The van der Waals surface area contributed by atoms with E-state index in [2.05, 4.69) is 5.32 Å². The molecule has 0 unspecified atom stereocenters. The van der Waals surface area contributed by atoms with E-state index < -0.39 is 5.97 Å². The van der Waals surface area contributed by atoms with Gasteiger partial charge in [0.1, 0.15) is 0 Å². The molecule has 1 aromatic rings. The van der Waals surface area contributed by atoms with E-state index in [9.17, 15) is 9.59 Å². The fourth-order valence-electron chi connectivity index (χ4n) is 4.24. The number of benzene rings is 1. The lowest BCUT2D eigenvalue weighted by atomic mass is 9.84. The van der Waals surface area contributed by atoms with Crippen molar-refractivity contribution in [2.24, 2.45) is 17.8 Å². The van der Waals surface area contributed by atoms with Gasteiger partial charge in [0.15, 0.2) is 6.61 Å². The van der Waals surface area contributed by atoms with Gasteiger partial charge in [-0.2, -0.15) is 0 Å². The summed E-state index contributed by atoms with van der Waals surface area (Å²) in [6.07, 6.45) is 5.12. The zero-order valence-corrected chi connectivity index (χ0v) is 14.5. The summed E-state index contributed by atoms with van der Waals surface area (Å²) < 4.78 is 5.06. The highest BCUT2D eigenvalue weighted by molar-refractivity contribution is 6.31. The van der Waals surface area contributed by atoms with Gasteiger partial charge in [-0.3, -0.25) is 4.79 Å². The third-order valence-electron chi connectivity index (χ3n) is 5.39. The molecule has 2 saturated carbocycles. The second-order valence-corrected chi connectivity index (χ2v) is 7.44. The molecule has 2 aliphatic carbocycles. The molecule has 5 nitrogen and oxygen atoms in total. The van der Waals surface area contributed by atoms with E-state index in [0.717, 1.165) is 11.8 Å². The molecule has 0 spiro atoms. The first-order valence-corrected chi connectivity index (χ1v) is 8.83. The molecule has 2 bridgehead atoms. The zero-order chi connectivity index (χ0) is 17.3. The molecule has 3 rings (SSSR count). The minimum Gasteiger partial charge on any atom is -0.452 e. The first-order valence-electron chi connectivity index (χ1n) is 8.45. The second-order valence-electron chi connectivity index (χ2n) is 7.00. The monoisotopic (exact) mass is 350 g/mol. The average molecular weight is 351 g/mol. The largest absolute Gasteiger partial charge is 0.452 e. The van der Waals surface area contributed by atoms with Crippen molar-refractivity contribution in [1.82, 2.24) is 5.32 Å². The number of hydrogen-bond donors (Lipinski definition) is 2. The van der Waals surface area contributed by atoms with Crippen molar-refractivity contribution in [3.8, 4) is 0 Å². The van der Waals surface area contributed by atoms with Crippen LogP contribution in [0.5, 0.6) is 0 Å². The predicted octanol–water partition coefficient (Wildman–Crippen LogP) is 3.02. The van der Waals surface area contributed by atoms with Crippen LogP contribution in [0.4, 0.5) is 5.69 Å². The third-order valence-corrected chi connectivity index (χ3v) is 5.63. The summed E-state index contributed by atoms with van der Waals surface area (Å²) in [5, 5.41) is 3.41. The van der Waals surface area contributed by atoms with Crippen molar-refractivity contribution >= 4 is 29.2 Å². The van der Waals surface area contributed by atoms with E-state index in [0.29, 0.717) is 10.9 Å². The Labute approximate surface area is 146 Å². The number of nitrogen functional groups attached to an aromatic ring is 1. The highest BCUT2D eigenvalue weighted by atomic mass is 35.5. The Bertz CT molecular complexity index is 649. The summed E-state index contributed by atoms with van der Waals surface area (Å²) in [5.41, 5.74) is 6.20. The van der Waals surface area contributed by atoms with Crippen LogP contribution in [-0.2, 0) is 9.53 Å². The first kappa shape index (κ1) is 17.1. The molecule has 0 saturated heterocycles. The lowest BCUT2D eigenvalue weighted by molar-refractivity contribution is -0.125. The number of nitrogens with one attached hydrogen (secondary N) is 1. The van der Waals surface area contributed by atoms with Gasteiger partial charge >= 0.3 is 5.97 Å². The molecule has 1 aromatic carbocycles. The molecule has 3 N–H and O–H groups in total. The maximum absolute atomic E-state index is 12.1. The van der Waals surface area contributed by atoms with Crippen molar-refractivity contribution in [1.29, 1.82) is 0 Å². The number of anilines is 1. The summed E-state index contributed by atoms with van der Waals surface area (Å²) in [5.74, 6) is 1.24. The first-order chi connectivity index (χ1) is 11.4. The maximum Gasteiger partial charge on any atom is 0.340 e. The summed E-state index contributed by atoms with van der Waals surface area (Å²) in [7, 11) is 0. The number of hydrogen-bond acceptors (Lipinski definition) is 4. The standard InChI is InChI=1S/C18H23ClN2O3/c1-10(15-7-11-2-3-12(15)6-11)21-17(22)9-24-18(23)14-5-4-13(19)8-16(14)20/h4-5,8,10-12,15H,2-3,6-7,9,20H2,1H3,(H,21,22)/t10-,11+,12-,15+/m0/s1. The number of esters is 1. The molecule has 24 heavy (non-hydrogen) atoms. The van der Waals surface area contributed by atoms with Crippen LogP contribution in [-0.4, -0.2) is 24.5 Å². The lowest BCUT2D eigenvalue weighted by Crippen LogP contribution is -2.42. The van der Waals surface area contributed by atoms with Crippen LogP contribution in [0, 0.1) is 17.8 Å². The topological polar surface area (TPSA) is 81.4 Å². The highest BCUT2D eigenvalue weighted by Crippen LogP contribution is 2.49. The van der Waals surface area contributed by atoms with Gasteiger partial charge in [-0.05, 0) is 62.1 Å². The van der Waals surface area contributed by atoms with E-state index in [4.69, 9.17) is 22.1 Å². The zero-order valence-electron chi connectivity index (χ0n) is 13.8. The van der Waals surface area contributed by atoms with Gasteiger partial charge in [0.25, 0.3) is 5.91 Å². The van der Waals surface area contributed by atoms with Crippen LogP contribution in [0.25, 0.3) is 0 Å². The van der Waals surface area contributed by atoms with Crippen LogP contribution < -0.4 is 11.1 Å². The Kier molecular flexibility index (Phi) is 4.99. The number of rotatable bonds is 5. The summed E-state index contributed by atoms with van der Waals surface area (Å²) in [6, 6.07) is 4.66. The van der Waals surface area contributed by atoms with Crippen LogP contribution in [0.15, 0.2) is 18.2 Å². The average Bonchev–Trinajstić information content (AvgIpc) is 3.15. The number of fused-ring (bicyclic) bond motifs is 2. The van der Waals surface area contributed by atoms with Gasteiger partial charge in [0.2, 0.25) is 0 Å². The third kappa shape index (κ3) is 3.66. The number of ether oxygens (including phenoxy) is 1. The van der Waals surface area contributed by atoms with Crippen molar-refractivity contribution in [2.45, 2.75) is 38.6 Å². The van der Waals surface area contributed by atoms with Gasteiger partial charge in [0, 0.05) is 16.8 Å². The molecule has 2 fully saturated rings. The predicted molar refractivity (Wildman–Crippen MR) is 92.7 cm³/mol. The summed E-state index contributed by atoms with van der Waals surface area (Å²) in [4.78, 5) is 24.1. The van der Waals surface area contributed by atoms with Gasteiger partial charge in [-0.1, -0.05) is 18.0 Å². The number of nitrogens with two attached hydrogens (primary N) is 1. The molecular formula is C18H23ClN2O3. The Hall–Kier alpha value is -1.75. The molecule has 2 aliphatic rings. The molecule has 4 atom stereocenters. The Morgan fingerprint density at radius 3 is 2.79 bits per heavy atom. The number of halogens is 1. The van der Waals surface area contributed by atoms with Crippen molar-refractivity contribution in [3.63, 3.8) is 0 Å².